The minimum Gasteiger partial charge on any atom is -0.445 e. The number of imide groups is 1. The third kappa shape index (κ3) is 19.3. The van der Waals surface area contributed by atoms with Gasteiger partial charge >= 0.3 is 12.2 Å². The van der Waals surface area contributed by atoms with E-state index in [9.17, 15) is 48.3 Å². The maximum Gasteiger partial charge on any atom is 0.412 e. The second-order valence-electron chi connectivity index (χ2n) is 23.4. The van der Waals surface area contributed by atoms with Gasteiger partial charge in [-0.25, -0.2) is 9.59 Å². The standard InChI is InChI=1S/C63H93N7O16S/c1-14-39(6)55(50(81-11)32-52(72)69-27-18-23-48(69)57(82-12)40(7)58(75)65-41(8)56(74)43-20-16-15-17-21-43)67(9)60(77)45(37(2)3)31-49(71)54(38(4)5)68(10)63(80)85-34-42-24-25-47(66-62(79)86-44-22-19-29-83-36-84-35-44)46(30-42)59(76)64-26-28-70-53(73)33-51(87-13)61(70)78/h15-17,19-22,24-25,30,37-41,44-45,48,50-51,54-57,74H,14,18,23,26-29,31-36H2,1-13H3,(H,64,76)(H,65,75)(H,66,79)/b22-19+/t39-,40+,41+,44?,45+,48-,50+,51?,54-,55-,56+,57+/m0/s1. The molecule has 0 spiro atoms. The van der Waals surface area contributed by atoms with E-state index >= 15 is 0 Å². The molecule has 5 rings (SSSR count). The summed E-state index contributed by atoms with van der Waals surface area (Å²) < 4.78 is 34.0. The number of hydrogen-bond acceptors (Lipinski definition) is 17. The van der Waals surface area contributed by atoms with E-state index in [1.54, 1.807) is 75.1 Å². The number of rotatable bonds is 30. The number of likely N-dealkylation sites (tertiary alicyclic amines) is 2. The average molecular weight is 1240 g/mol. The number of hydrogen-bond donors (Lipinski definition) is 4. The summed E-state index contributed by atoms with van der Waals surface area (Å²) in [6.45, 7) is 14.9. The fourth-order valence-corrected chi connectivity index (χ4v) is 12.3. The first-order valence-corrected chi connectivity index (χ1v) is 31.3. The van der Waals surface area contributed by atoms with Gasteiger partial charge < -0.3 is 58.9 Å². The van der Waals surface area contributed by atoms with Crippen LogP contribution in [0.4, 0.5) is 15.3 Å². The number of anilines is 1. The predicted octanol–water partition coefficient (Wildman–Crippen LogP) is 6.37. The van der Waals surface area contributed by atoms with Crippen LogP contribution in [0.1, 0.15) is 122 Å². The van der Waals surface area contributed by atoms with Crippen LogP contribution >= 0.6 is 11.8 Å². The number of amides is 8. The lowest BCUT2D eigenvalue weighted by molar-refractivity contribution is -0.149. The Morgan fingerprint density at radius 3 is 2.24 bits per heavy atom. The van der Waals surface area contributed by atoms with Crippen molar-refractivity contribution < 1.29 is 76.7 Å². The molecular weight excluding hydrogens is 1140 g/mol. The van der Waals surface area contributed by atoms with E-state index in [1.165, 1.54) is 56.1 Å². The lowest BCUT2D eigenvalue weighted by Gasteiger charge is -2.41. The summed E-state index contributed by atoms with van der Waals surface area (Å²) in [6.07, 6.45) is 1.83. The Morgan fingerprint density at radius 2 is 1.61 bits per heavy atom. The first-order chi connectivity index (χ1) is 41.4. The fourth-order valence-electron chi connectivity index (χ4n) is 11.7. The van der Waals surface area contributed by atoms with Crippen molar-refractivity contribution in [2.45, 2.75) is 154 Å². The van der Waals surface area contributed by atoms with Crippen LogP contribution in [-0.2, 0) is 63.8 Å². The van der Waals surface area contributed by atoms with Crippen LogP contribution in [0, 0.1) is 29.6 Å². The van der Waals surface area contributed by atoms with Crippen LogP contribution in [0.15, 0.2) is 60.7 Å². The van der Waals surface area contributed by atoms with Crippen molar-refractivity contribution >= 4 is 70.9 Å². The van der Waals surface area contributed by atoms with Gasteiger partial charge in [0, 0.05) is 66.7 Å². The molecule has 3 aliphatic rings. The molecule has 0 aromatic heterocycles. The summed E-state index contributed by atoms with van der Waals surface area (Å²) in [4.78, 5) is 130. The molecule has 482 valence electrons. The number of carbonyl (C=O) groups is 9. The fraction of sp³-hybridized carbons (Fsp3) is 0.635. The lowest BCUT2D eigenvalue weighted by Crippen LogP contribution is -2.55. The van der Waals surface area contributed by atoms with Crippen molar-refractivity contribution in [2.24, 2.45) is 29.6 Å². The molecule has 8 amide bonds. The van der Waals surface area contributed by atoms with Gasteiger partial charge in [-0.3, -0.25) is 43.8 Å². The van der Waals surface area contributed by atoms with E-state index in [0.29, 0.717) is 36.9 Å². The molecule has 0 saturated carbocycles. The highest BCUT2D eigenvalue weighted by Crippen LogP contribution is 2.32. The van der Waals surface area contributed by atoms with E-state index in [0.717, 1.165) is 4.90 Å². The molecule has 24 heteroatoms. The topological polar surface area (TPSA) is 278 Å². The molecule has 2 saturated heterocycles. The zero-order valence-electron chi connectivity index (χ0n) is 52.8. The summed E-state index contributed by atoms with van der Waals surface area (Å²) >= 11 is 1.27. The minimum absolute atomic E-state index is 0.00804. The van der Waals surface area contributed by atoms with Crippen LogP contribution in [0.25, 0.3) is 0 Å². The van der Waals surface area contributed by atoms with Gasteiger partial charge in [0.1, 0.15) is 19.5 Å². The lowest BCUT2D eigenvalue weighted by atomic mass is 9.83. The maximum absolute atomic E-state index is 14.9. The molecule has 3 heterocycles. The van der Waals surface area contributed by atoms with Crippen LogP contribution in [-0.4, -0.2) is 200 Å². The number of aliphatic hydroxyl groups excluding tert-OH is 1. The van der Waals surface area contributed by atoms with E-state index in [2.05, 4.69) is 16.0 Å². The van der Waals surface area contributed by atoms with Gasteiger partial charge in [0.25, 0.3) is 5.91 Å². The van der Waals surface area contributed by atoms with E-state index < -0.39 is 89.7 Å². The Morgan fingerprint density at radius 1 is 0.897 bits per heavy atom. The van der Waals surface area contributed by atoms with Gasteiger partial charge in [0.15, 0.2) is 5.78 Å². The zero-order chi connectivity index (χ0) is 64.2. The summed E-state index contributed by atoms with van der Waals surface area (Å²) in [5.41, 5.74) is 0.996. The van der Waals surface area contributed by atoms with E-state index in [4.69, 9.17) is 28.4 Å². The Bertz CT molecular complexity index is 2700. The van der Waals surface area contributed by atoms with Gasteiger partial charge in [0.2, 0.25) is 29.5 Å². The quantitative estimate of drug-likeness (QED) is 0.0489. The second kappa shape index (κ2) is 34.3. The Labute approximate surface area is 516 Å². The summed E-state index contributed by atoms with van der Waals surface area (Å²) in [5, 5.41) is 18.7. The van der Waals surface area contributed by atoms with Crippen molar-refractivity contribution in [2.75, 3.05) is 79.5 Å². The predicted molar refractivity (Wildman–Crippen MR) is 327 cm³/mol. The van der Waals surface area contributed by atoms with Crippen LogP contribution in [0.3, 0.4) is 0 Å². The Balaban J connectivity index is 1.26. The highest BCUT2D eigenvalue weighted by molar-refractivity contribution is 8.00. The number of carbonyl (C=O) groups excluding carboxylic acids is 9. The van der Waals surface area contributed by atoms with Crippen LogP contribution in [0.2, 0.25) is 0 Å². The normalized spacial score (nSPS) is 20.6. The van der Waals surface area contributed by atoms with Crippen molar-refractivity contribution in [3.63, 3.8) is 0 Å². The van der Waals surface area contributed by atoms with Gasteiger partial charge in [-0.05, 0) is 73.1 Å². The number of aliphatic hydroxyl groups is 1. The molecule has 0 radical (unpaired) electrons. The summed E-state index contributed by atoms with van der Waals surface area (Å²) in [5.74, 6) is -5.06. The molecule has 2 fully saturated rings. The van der Waals surface area contributed by atoms with Crippen molar-refractivity contribution in [1.29, 1.82) is 0 Å². The van der Waals surface area contributed by atoms with E-state index in [1.807, 2.05) is 45.9 Å². The third-order valence-corrected chi connectivity index (χ3v) is 17.7. The number of nitrogens with zero attached hydrogens (tertiary/aromatic N) is 4. The smallest absolute Gasteiger partial charge is 0.412 e. The molecule has 4 N–H and O–H groups in total. The average Bonchev–Trinajstić information content (AvgIpc) is 4.32. The highest BCUT2D eigenvalue weighted by atomic mass is 32.2. The molecule has 12 atom stereocenters. The number of benzene rings is 2. The highest BCUT2D eigenvalue weighted by Gasteiger charge is 2.44. The van der Waals surface area contributed by atoms with Crippen LogP contribution in [0.5, 0.6) is 0 Å². The van der Waals surface area contributed by atoms with Gasteiger partial charge in [-0.2, -0.15) is 11.8 Å². The zero-order valence-corrected chi connectivity index (χ0v) is 53.6. The maximum atomic E-state index is 14.9. The molecule has 23 nitrogen and oxygen atoms in total. The number of likely N-dealkylation sites (N-methyl/N-ethyl adjacent to an activating group) is 2. The van der Waals surface area contributed by atoms with Gasteiger partial charge in [0.05, 0.1) is 84.5 Å². The molecule has 2 aromatic rings. The van der Waals surface area contributed by atoms with Crippen molar-refractivity contribution in [1.82, 2.24) is 30.2 Å². The first-order valence-electron chi connectivity index (χ1n) is 30.0. The number of Topliss-reactive ketones (excluding diaryl/α,β-unsaturated/α-hetero) is 1. The summed E-state index contributed by atoms with van der Waals surface area (Å²) in [7, 11) is 6.13. The Kier molecular flexibility index (Phi) is 28.2. The SMILES string of the molecule is CC[C@H](C)[C@@H]([C@@H](CC(=O)N1CCC[C@H]1[C@H](OC)[C@@H](C)C(=O)N[C@H](C)[C@@H](O)c1ccccc1)OC)N(C)C(=O)[C@H](CC(=O)[C@H](C(C)C)N(C)C(=O)OCc1ccc(NC(=O)OC2/C=C/COCOC2)c(C(=O)NCCN2C(=O)CC(SC)C2=O)c1)C(C)C. The molecule has 3 aliphatic heterocycles. The van der Waals surface area contributed by atoms with E-state index in [-0.39, 0.29) is 117 Å². The number of ether oxygens (including phenoxy) is 6. The largest absolute Gasteiger partial charge is 0.445 e. The number of nitrogens with one attached hydrogen (secondary N) is 3. The van der Waals surface area contributed by atoms with Gasteiger partial charge in [-0.1, -0.05) is 97.4 Å². The summed E-state index contributed by atoms with van der Waals surface area (Å²) in [6, 6.07) is 10.8. The number of ketones is 1. The second-order valence-corrected chi connectivity index (χ2v) is 24.5. The third-order valence-electron chi connectivity index (χ3n) is 16.8. The van der Waals surface area contributed by atoms with Crippen molar-refractivity contribution in [3.05, 3.63) is 77.4 Å². The first kappa shape index (κ1) is 71.3. The molecular formula is C63H93N7O16S. The molecule has 87 heavy (non-hydrogen) atoms. The monoisotopic (exact) mass is 1240 g/mol. The number of methoxy groups -OCH3 is 2. The van der Waals surface area contributed by atoms with Crippen molar-refractivity contribution in [3.8, 4) is 0 Å². The molecule has 0 bridgehead atoms. The minimum atomic E-state index is -1.03. The molecule has 2 unspecified atom stereocenters. The number of thioether (sulfide) groups is 1. The molecule has 0 aliphatic carbocycles. The van der Waals surface area contributed by atoms with Gasteiger partial charge in [-0.15, -0.1) is 0 Å². The van der Waals surface area contributed by atoms with Crippen LogP contribution < -0.4 is 16.0 Å². The molecule has 2 aromatic carbocycles. The Hall–Kier alpha value is -6.44.